The lowest BCUT2D eigenvalue weighted by Crippen LogP contribution is -2.48. The Morgan fingerprint density at radius 1 is 0.907 bits per heavy atom. The molecular formula is C33H37F6NO3. The van der Waals surface area contributed by atoms with Gasteiger partial charge in [-0.05, 0) is 117 Å². The van der Waals surface area contributed by atoms with Crippen LogP contribution < -0.4 is 4.74 Å². The minimum absolute atomic E-state index is 0.0404. The number of alkyl halides is 6. The number of fused-ring (bicyclic) bond motifs is 3. The van der Waals surface area contributed by atoms with Crippen molar-refractivity contribution in [1.82, 2.24) is 4.90 Å². The van der Waals surface area contributed by atoms with Gasteiger partial charge in [-0.3, -0.25) is 9.69 Å². The van der Waals surface area contributed by atoms with Gasteiger partial charge < -0.3 is 9.84 Å². The summed E-state index contributed by atoms with van der Waals surface area (Å²) in [6.07, 6.45) is -2.88. The Bertz CT molecular complexity index is 1360. The quantitative estimate of drug-likeness (QED) is 0.320. The second-order valence-corrected chi connectivity index (χ2v) is 13.1. The van der Waals surface area contributed by atoms with Crippen molar-refractivity contribution in [2.75, 3.05) is 0 Å². The molecule has 3 fully saturated rings. The van der Waals surface area contributed by atoms with Crippen molar-refractivity contribution in [3.63, 3.8) is 0 Å². The molecule has 3 aliphatic heterocycles. The van der Waals surface area contributed by atoms with Crippen molar-refractivity contribution >= 4 is 5.97 Å². The lowest BCUT2D eigenvalue weighted by atomic mass is 9.80. The Morgan fingerprint density at radius 3 is 2.16 bits per heavy atom. The lowest BCUT2D eigenvalue weighted by molar-refractivity contribution is -0.142. The maximum Gasteiger partial charge on any atom is 0.416 e. The molecule has 0 aromatic heterocycles. The molecule has 4 nitrogen and oxygen atoms in total. The normalized spacial score (nSPS) is 28.1. The molecule has 43 heavy (non-hydrogen) atoms. The van der Waals surface area contributed by atoms with Crippen LogP contribution in [0.1, 0.15) is 98.6 Å². The number of halogens is 6. The molecule has 3 heterocycles. The van der Waals surface area contributed by atoms with E-state index in [2.05, 4.69) is 0 Å². The van der Waals surface area contributed by atoms with Crippen molar-refractivity contribution in [2.24, 2.45) is 17.8 Å². The number of carboxylic acids is 1. The van der Waals surface area contributed by atoms with E-state index in [0.717, 1.165) is 55.4 Å². The van der Waals surface area contributed by atoms with Crippen molar-refractivity contribution in [2.45, 2.75) is 108 Å². The van der Waals surface area contributed by atoms with Crippen LogP contribution in [0.2, 0.25) is 0 Å². The third-order valence-electron chi connectivity index (χ3n) is 10.4. The van der Waals surface area contributed by atoms with Crippen molar-refractivity contribution in [3.05, 3.63) is 64.2 Å². The molecular weight excluding hydrogens is 572 g/mol. The minimum atomic E-state index is -4.76. The third kappa shape index (κ3) is 5.88. The molecule has 0 amide bonds. The van der Waals surface area contributed by atoms with Gasteiger partial charge in [-0.1, -0.05) is 19.1 Å². The number of carbonyl (C=O) groups is 1. The second kappa shape index (κ2) is 11.0. The summed E-state index contributed by atoms with van der Waals surface area (Å²) in [6.45, 7) is 3.36. The van der Waals surface area contributed by atoms with Crippen LogP contribution in [0, 0.1) is 17.8 Å². The molecule has 0 radical (unpaired) electrons. The Kier molecular flexibility index (Phi) is 7.75. The van der Waals surface area contributed by atoms with Crippen molar-refractivity contribution < 1.29 is 41.0 Å². The number of aryl methyl sites for hydroxylation is 1. The number of rotatable bonds is 7. The highest BCUT2D eigenvalue weighted by molar-refractivity contribution is 5.71. The van der Waals surface area contributed by atoms with Gasteiger partial charge in [0.05, 0.1) is 17.0 Å². The maximum absolute atomic E-state index is 13.9. The van der Waals surface area contributed by atoms with Crippen LogP contribution in [0.5, 0.6) is 5.75 Å². The number of ether oxygens (including phenoxy) is 1. The predicted molar refractivity (Wildman–Crippen MR) is 148 cm³/mol. The topological polar surface area (TPSA) is 49.8 Å². The Labute approximate surface area is 247 Å². The van der Waals surface area contributed by atoms with E-state index in [1.807, 2.05) is 23.1 Å². The zero-order valence-corrected chi connectivity index (χ0v) is 24.2. The number of aliphatic carboxylic acids is 1. The predicted octanol–water partition coefficient (Wildman–Crippen LogP) is 8.64. The van der Waals surface area contributed by atoms with E-state index in [9.17, 15) is 36.2 Å². The molecule has 1 saturated carbocycles. The fourth-order valence-corrected chi connectivity index (χ4v) is 8.22. The van der Waals surface area contributed by atoms with Crippen LogP contribution in [0.4, 0.5) is 26.3 Å². The van der Waals surface area contributed by atoms with E-state index in [0.29, 0.717) is 37.0 Å². The van der Waals surface area contributed by atoms with Gasteiger partial charge >= 0.3 is 18.3 Å². The van der Waals surface area contributed by atoms with Gasteiger partial charge in [-0.15, -0.1) is 0 Å². The molecule has 2 aromatic rings. The summed E-state index contributed by atoms with van der Waals surface area (Å²) in [5.41, 5.74) is -0.328. The number of hydrogen-bond donors (Lipinski definition) is 1. The monoisotopic (exact) mass is 609 g/mol. The lowest BCUT2D eigenvalue weighted by Gasteiger charge is -2.45. The molecule has 1 N–H and O–H groups in total. The SMILES string of the molecule is C[C@H](C(=O)O)[C@H](c1ccc2c(c1)OC(C1CC3CCC(C1)N3[C@@H](C)c1cc(C(F)(F)F)ccc1C(F)(F)F)CC2)C1CC1. The van der Waals surface area contributed by atoms with Crippen LogP contribution in [0.15, 0.2) is 36.4 Å². The summed E-state index contributed by atoms with van der Waals surface area (Å²) in [7, 11) is 0. The largest absolute Gasteiger partial charge is 0.490 e. The first-order valence-electron chi connectivity index (χ1n) is 15.3. The molecule has 4 aliphatic rings. The van der Waals surface area contributed by atoms with Gasteiger partial charge in [0, 0.05) is 18.1 Å². The van der Waals surface area contributed by atoms with E-state index >= 15 is 0 Å². The molecule has 2 aromatic carbocycles. The summed E-state index contributed by atoms with van der Waals surface area (Å²) >= 11 is 0. The number of hydrogen-bond acceptors (Lipinski definition) is 3. The van der Waals surface area contributed by atoms with Gasteiger partial charge in [0.2, 0.25) is 0 Å². The summed E-state index contributed by atoms with van der Waals surface area (Å²) < 4.78 is 88.7. The molecule has 2 saturated heterocycles. The average Bonchev–Trinajstić information content (AvgIpc) is 3.74. The molecule has 10 heteroatoms. The Balaban J connectivity index is 1.20. The Hall–Kier alpha value is -2.75. The van der Waals surface area contributed by atoms with Crippen molar-refractivity contribution in [1.29, 1.82) is 0 Å². The molecule has 3 unspecified atom stereocenters. The average molecular weight is 610 g/mol. The van der Waals surface area contributed by atoms with E-state index in [1.54, 1.807) is 13.8 Å². The van der Waals surface area contributed by atoms with Crippen LogP contribution in [0.3, 0.4) is 0 Å². The molecule has 1 aliphatic carbocycles. The van der Waals surface area contributed by atoms with Gasteiger partial charge in [-0.25, -0.2) is 0 Å². The van der Waals surface area contributed by atoms with Crippen LogP contribution in [-0.2, 0) is 23.6 Å². The standard InChI is InChI=1S/C33H37F6NO3/c1-17(31(41)42)30(20-4-5-20)21-6-3-19-7-12-28(43-29(19)15-21)22-13-24-9-10-25(14-22)40(24)18(2)26-16-23(32(34,35)36)8-11-27(26)33(37,38)39/h3,6,8,11,15-18,20,22,24-25,28,30H,4-5,7,9-10,12-14H2,1-2H3,(H,41,42)/t17-,18-,22?,24?,25?,28?,30-/m0/s1. The van der Waals surface area contributed by atoms with Gasteiger partial charge in [0.25, 0.3) is 0 Å². The van der Waals surface area contributed by atoms with Gasteiger partial charge in [-0.2, -0.15) is 26.3 Å². The molecule has 6 rings (SSSR count). The van der Waals surface area contributed by atoms with E-state index < -0.39 is 41.4 Å². The first-order chi connectivity index (χ1) is 20.2. The van der Waals surface area contributed by atoms with E-state index in [4.69, 9.17) is 4.74 Å². The zero-order chi connectivity index (χ0) is 30.8. The molecule has 234 valence electrons. The number of nitrogens with zero attached hydrogens (tertiary/aromatic N) is 1. The molecule has 2 bridgehead atoms. The summed E-state index contributed by atoms with van der Waals surface area (Å²) in [4.78, 5) is 13.8. The molecule has 6 atom stereocenters. The highest BCUT2D eigenvalue weighted by Gasteiger charge is 2.48. The second-order valence-electron chi connectivity index (χ2n) is 13.1. The molecule has 0 spiro atoms. The maximum atomic E-state index is 13.9. The first-order valence-corrected chi connectivity index (χ1v) is 15.3. The number of carboxylic acid groups (broad SMARTS) is 1. The fourth-order valence-electron chi connectivity index (χ4n) is 8.22. The zero-order valence-electron chi connectivity index (χ0n) is 24.2. The fraction of sp³-hybridized carbons (Fsp3) is 0.606. The van der Waals surface area contributed by atoms with Gasteiger partial charge in [0.15, 0.2) is 0 Å². The van der Waals surface area contributed by atoms with Crippen molar-refractivity contribution in [3.8, 4) is 5.75 Å². The summed E-state index contributed by atoms with van der Waals surface area (Å²) in [6, 6.07) is 6.96. The number of benzene rings is 2. The first kappa shape index (κ1) is 30.3. The summed E-state index contributed by atoms with van der Waals surface area (Å²) in [5, 5.41) is 9.69. The highest BCUT2D eigenvalue weighted by Crippen LogP contribution is 2.50. The van der Waals surface area contributed by atoms with E-state index in [1.165, 1.54) is 0 Å². The van der Waals surface area contributed by atoms with Crippen LogP contribution in [0.25, 0.3) is 0 Å². The Morgan fingerprint density at radius 2 is 1.58 bits per heavy atom. The van der Waals surface area contributed by atoms with Gasteiger partial charge in [0.1, 0.15) is 11.9 Å². The minimum Gasteiger partial charge on any atom is -0.490 e. The smallest absolute Gasteiger partial charge is 0.416 e. The number of piperidine rings is 1. The third-order valence-corrected chi connectivity index (χ3v) is 10.4. The van der Waals surface area contributed by atoms with Crippen LogP contribution in [-0.4, -0.2) is 34.2 Å². The van der Waals surface area contributed by atoms with Crippen LogP contribution >= 0.6 is 0 Å². The summed E-state index contributed by atoms with van der Waals surface area (Å²) in [5.74, 6) is -0.0404. The highest BCUT2D eigenvalue weighted by atomic mass is 19.4. The van der Waals surface area contributed by atoms with E-state index in [-0.39, 0.29) is 35.6 Å².